The fraction of sp³-hybridized carbons (Fsp3) is 0.353. The van der Waals surface area contributed by atoms with Gasteiger partial charge >= 0.3 is 0 Å². The summed E-state index contributed by atoms with van der Waals surface area (Å²) in [6, 6.07) is 6.39. The van der Waals surface area contributed by atoms with E-state index in [2.05, 4.69) is 26.1 Å². The lowest BCUT2D eigenvalue weighted by Crippen LogP contribution is -2.43. The lowest BCUT2D eigenvalue weighted by molar-refractivity contribution is 0.503. The van der Waals surface area contributed by atoms with Gasteiger partial charge in [-0.25, -0.2) is 4.98 Å². The molecule has 0 radical (unpaired) electrons. The standard InChI is InChI=1S/C17H20N6/c1-11-14-7-12(4-5-15(14)22-21-11)16-8-19-9-17(20-16)23-6-2-3-13(18)10-23/h4-5,7-9,13H,2-3,6,10,18H2,1H3,(H,21,22). The summed E-state index contributed by atoms with van der Waals surface area (Å²) in [5.41, 5.74) is 10.0. The summed E-state index contributed by atoms with van der Waals surface area (Å²) in [5.74, 6) is 0.904. The molecule has 1 aliphatic rings. The second kappa shape index (κ2) is 5.62. The zero-order chi connectivity index (χ0) is 15.8. The number of benzene rings is 1. The Labute approximate surface area is 134 Å². The van der Waals surface area contributed by atoms with E-state index in [0.717, 1.165) is 59.6 Å². The Kier molecular flexibility index (Phi) is 3.46. The van der Waals surface area contributed by atoms with Gasteiger partial charge in [0.25, 0.3) is 0 Å². The summed E-state index contributed by atoms with van der Waals surface area (Å²) in [4.78, 5) is 11.4. The Balaban J connectivity index is 1.70. The minimum atomic E-state index is 0.221. The van der Waals surface area contributed by atoms with Crippen molar-refractivity contribution in [2.45, 2.75) is 25.8 Å². The molecule has 1 fully saturated rings. The summed E-state index contributed by atoms with van der Waals surface area (Å²) < 4.78 is 0. The van der Waals surface area contributed by atoms with Gasteiger partial charge in [0.1, 0.15) is 5.82 Å². The van der Waals surface area contributed by atoms with E-state index in [4.69, 9.17) is 10.7 Å². The van der Waals surface area contributed by atoms with Gasteiger partial charge in [-0.1, -0.05) is 6.07 Å². The van der Waals surface area contributed by atoms with Crippen molar-refractivity contribution in [3.05, 3.63) is 36.3 Å². The van der Waals surface area contributed by atoms with Crippen LogP contribution in [0.25, 0.3) is 22.2 Å². The van der Waals surface area contributed by atoms with Crippen LogP contribution >= 0.6 is 0 Å². The quantitative estimate of drug-likeness (QED) is 0.758. The number of nitrogens with two attached hydrogens (primary N) is 1. The SMILES string of the molecule is Cc1[nH]nc2ccc(-c3cncc(N4CCCC(N)C4)n3)cc12. The molecular formula is C17H20N6. The number of aromatic amines is 1. The fourth-order valence-electron chi connectivity index (χ4n) is 3.16. The first-order valence-electron chi connectivity index (χ1n) is 7.98. The van der Waals surface area contributed by atoms with E-state index < -0.39 is 0 Å². The molecule has 3 aromatic rings. The Bertz CT molecular complexity index is 840. The average molecular weight is 308 g/mol. The molecule has 6 heteroatoms. The maximum Gasteiger partial charge on any atom is 0.147 e. The van der Waals surface area contributed by atoms with E-state index >= 15 is 0 Å². The maximum atomic E-state index is 6.08. The van der Waals surface area contributed by atoms with Crippen molar-refractivity contribution >= 4 is 16.7 Å². The number of anilines is 1. The topological polar surface area (TPSA) is 83.7 Å². The van der Waals surface area contributed by atoms with Crippen LogP contribution in [0.2, 0.25) is 0 Å². The highest BCUT2D eigenvalue weighted by atomic mass is 15.2. The van der Waals surface area contributed by atoms with Gasteiger partial charge in [0, 0.05) is 35.8 Å². The van der Waals surface area contributed by atoms with Gasteiger partial charge in [-0.2, -0.15) is 5.10 Å². The lowest BCUT2D eigenvalue weighted by atomic mass is 10.1. The Morgan fingerprint density at radius 1 is 1.30 bits per heavy atom. The molecule has 4 rings (SSSR count). The predicted octanol–water partition coefficient (Wildman–Crippen LogP) is 2.26. The van der Waals surface area contributed by atoms with Crippen LogP contribution in [0.15, 0.2) is 30.6 Å². The van der Waals surface area contributed by atoms with Crippen LogP contribution in [0.1, 0.15) is 18.5 Å². The van der Waals surface area contributed by atoms with Gasteiger partial charge < -0.3 is 10.6 Å². The molecule has 0 bridgehead atoms. The van der Waals surface area contributed by atoms with Gasteiger partial charge in [0.15, 0.2) is 0 Å². The predicted molar refractivity (Wildman–Crippen MR) is 91.3 cm³/mol. The number of hydrogen-bond donors (Lipinski definition) is 2. The molecule has 1 aliphatic heterocycles. The van der Waals surface area contributed by atoms with Crippen LogP contribution in [0.4, 0.5) is 5.82 Å². The Hall–Kier alpha value is -2.47. The Morgan fingerprint density at radius 3 is 3.09 bits per heavy atom. The third kappa shape index (κ3) is 2.66. The molecule has 0 spiro atoms. The van der Waals surface area contributed by atoms with E-state index in [-0.39, 0.29) is 6.04 Å². The van der Waals surface area contributed by atoms with Gasteiger partial charge in [0.05, 0.1) is 23.6 Å². The smallest absolute Gasteiger partial charge is 0.147 e. The monoisotopic (exact) mass is 308 g/mol. The molecule has 3 N–H and O–H groups in total. The van der Waals surface area contributed by atoms with Crippen molar-refractivity contribution in [3.63, 3.8) is 0 Å². The highest BCUT2D eigenvalue weighted by molar-refractivity contribution is 5.85. The van der Waals surface area contributed by atoms with Crippen LogP contribution in [-0.2, 0) is 0 Å². The van der Waals surface area contributed by atoms with Crippen LogP contribution in [0.3, 0.4) is 0 Å². The maximum absolute atomic E-state index is 6.08. The highest BCUT2D eigenvalue weighted by Crippen LogP contribution is 2.25. The summed E-state index contributed by atoms with van der Waals surface area (Å²) >= 11 is 0. The second-order valence-corrected chi connectivity index (χ2v) is 6.19. The molecule has 1 aromatic carbocycles. The first-order chi connectivity index (χ1) is 11.2. The molecule has 1 atom stereocenters. The van der Waals surface area contributed by atoms with Crippen molar-refractivity contribution < 1.29 is 0 Å². The second-order valence-electron chi connectivity index (χ2n) is 6.19. The van der Waals surface area contributed by atoms with Crippen molar-refractivity contribution in [2.75, 3.05) is 18.0 Å². The molecule has 6 nitrogen and oxygen atoms in total. The van der Waals surface area contributed by atoms with Crippen LogP contribution in [-0.4, -0.2) is 39.3 Å². The van der Waals surface area contributed by atoms with Crippen molar-refractivity contribution in [1.29, 1.82) is 0 Å². The number of H-pyrrole nitrogens is 1. The van der Waals surface area contributed by atoms with Crippen LogP contribution in [0, 0.1) is 6.92 Å². The molecular weight excluding hydrogens is 288 g/mol. The molecule has 1 unspecified atom stereocenters. The number of nitrogens with zero attached hydrogens (tertiary/aromatic N) is 4. The number of nitrogens with one attached hydrogen (secondary N) is 1. The number of hydrogen-bond acceptors (Lipinski definition) is 5. The molecule has 1 saturated heterocycles. The molecule has 0 aliphatic carbocycles. The zero-order valence-electron chi connectivity index (χ0n) is 13.2. The molecule has 0 saturated carbocycles. The fourth-order valence-corrected chi connectivity index (χ4v) is 3.16. The van der Waals surface area contributed by atoms with Crippen molar-refractivity contribution in [1.82, 2.24) is 20.2 Å². The van der Waals surface area contributed by atoms with E-state index in [1.165, 1.54) is 0 Å². The molecule has 2 aromatic heterocycles. The largest absolute Gasteiger partial charge is 0.354 e. The summed E-state index contributed by atoms with van der Waals surface area (Å²) in [7, 11) is 0. The molecule has 0 amide bonds. The van der Waals surface area contributed by atoms with Crippen molar-refractivity contribution in [3.8, 4) is 11.3 Å². The van der Waals surface area contributed by atoms with E-state index in [0.29, 0.717) is 0 Å². The number of fused-ring (bicyclic) bond motifs is 1. The zero-order valence-corrected chi connectivity index (χ0v) is 13.2. The summed E-state index contributed by atoms with van der Waals surface area (Å²) in [5, 5.41) is 8.40. The van der Waals surface area contributed by atoms with Gasteiger partial charge in [-0.05, 0) is 31.9 Å². The van der Waals surface area contributed by atoms with Crippen LogP contribution < -0.4 is 10.6 Å². The number of aromatic nitrogens is 4. The Morgan fingerprint density at radius 2 is 2.22 bits per heavy atom. The first kappa shape index (κ1) is 14.1. The van der Waals surface area contributed by atoms with Gasteiger partial charge in [0.2, 0.25) is 0 Å². The molecule has 3 heterocycles. The number of rotatable bonds is 2. The van der Waals surface area contributed by atoms with Gasteiger partial charge in [-0.3, -0.25) is 10.1 Å². The average Bonchev–Trinajstić information content (AvgIpc) is 2.96. The lowest BCUT2D eigenvalue weighted by Gasteiger charge is -2.31. The van der Waals surface area contributed by atoms with Gasteiger partial charge in [-0.15, -0.1) is 0 Å². The van der Waals surface area contributed by atoms with E-state index in [1.807, 2.05) is 31.5 Å². The minimum absolute atomic E-state index is 0.221. The summed E-state index contributed by atoms with van der Waals surface area (Å²) in [6.45, 7) is 3.86. The first-order valence-corrected chi connectivity index (χ1v) is 7.98. The molecule has 118 valence electrons. The normalized spacial score (nSPS) is 18.5. The number of piperidine rings is 1. The van der Waals surface area contributed by atoms with Crippen LogP contribution in [0.5, 0.6) is 0 Å². The van der Waals surface area contributed by atoms with E-state index in [1.54, 1.807) is 0 Å². The molecule has 23 heavy (non-hydrogen) atoms. The third-order valence-electron chi connectivity index (χ3n) is 4.44. The highest BCUT2D eigenvalue weighted by Gasteiger charge is 2.18. The van der Waals surface area contributed by atoms with Crippen molar-refractivity contribution in [2.24, 2.45) is 5.73 Å². The van der Waals surface area contributed by atoms with E-state index in [9.17, 15) is 0 Å². The minimum Gasteiger partial charge on any atom is -0.354 e. The summed E-state index contributed by atoms with van der Waals surface area (Å²) in [6.07, 6.45) is 5.82. The third-order valence-corrected chi connectivity index (χ3v) is 4.44. The number of aryl methyl sites for hydroxylation is 1.